The second-order valence-electron chi connectivity index (χ2n) is 18.4. The number of esters is 2. The van der Waals surface area contributed by atoms with Crippen LogP contribution in [-0.4, -0.2) is 75.5 Å². The number of aliphatic carboxylic acids is 1. The summed E-state index contributed by atoms with van der Waals surface area (Å²) in [4.78, 5) is 37.0. The molecule has 8 heteroatoms. The van der Waals surface area contributed by atoms with Crippen molar-refractivity contribution in [3.63, 3.8) is 0 Å². The van der Waals surface area contributed by atoms with Crippen LogP contribution in [-0.2, 0) is 28.6 Å². The van der Waals surface area contributed by atoms with Crippen LogP contribution >= 0.6 is 0 Å². The van der Waals surface area contributed by atoms with Crippen molar-refractivity contribution in [2.75, 3.05) is 41.0 Å². The summed E-state index contributed by atoms with van der Waals surface area (Å²) < 4.78 is 17.2. The predicted molar refractivity (Wildman–Crippen MR) is 263 cm³/mol. The molecule has 0 aliphatic rings. The number of carbonyl (C=O) groups is 3. The molecule has 0 aromatic rings. The molecule has 0 saturated heterocycles. The lowest BCUT2D eigenvalue weighted by Gasteiger charge is -2.34. The van der Waals surface area contributed by atoms with Crippen LogP contribution in [0.25, 0.3) is 0 Å². The maximum atomic E-state index is 12.8. The number of carboxylic acid groups (broad SMARTS) is 1. The Hall–Kier alpha value is -2.97. The van der Waals surface area contributed by atoms with Crippen LogP contribution in [0.3, 0.4) is 0 Å². The van der Waals surface area contributed by atoms with Gasteiger partial charge in [-0.15, -0.1) is 0 Å². The van der Waals surface area contributed by atoms with Gasteiger partial charge in [-0.3, -0.25) is 9.59 Å². The molecule has 364 valence electrons. The third kappa shape index (κ3) is 44.0. The fourth-order valence-corrected chi connectivity index (χ4v) is 7.46. The standard InChI is InChI=1S/C55H97NO7/c1-6-8-10-12-14-16-18-20-22-24-26-27-28-30-31-33-35-37-39-41-43-45-53(57)62-50-51(49-61-48-47-52(55(59)60)56(3,4)5)63-54(58)46-44-42-40-38-36-34-32-29-25-23-21-19-17-15-13-11-9-7-2/h8,10,14,16,19,21,23,25,29,32,51-52H,6-7,9,11-13,15,17-18,20,22,24,26-28,30-31,33-50H2,1-5H3/b10-8+,16-14+,21-19+,25-23+,32-29+. The predicted octanol–water partition coefficient (Wildman–Crippen LogP) is 13.6. The maximum absolute atomic E-state index is 12.8. The fraction of sp³-hybridized carbons (Fsp3) is 0.764. The number of rotatable bonds is 46. The third-order valence-corrected chi connectivity index (χ3v) is 11.4. The van der Waals surface area contributed by atoms with Crippen LogP contribution in [0.15, 0.2) is 60.8 Å². The van der Waals surface area contributed by atoms with E-state index in [0.717, 1.165) is 77.0 Å². The SMILES string of the molecule is CC/C=C/C/C=C/CCCCCCCCCCCCCCCCC(=O)OCC(COCCC(C(=O)[O-])[N+](C)(C)C)OC(=O)CCCCCCC/C=C/C=C/C=C/CCCCCCC. The van der Waals surface area contributed by atoms with Gasteiger partial charge in [-0.2, -0.15) is 0 Å². The molecule has 0 N–H and O–H groups in total. The van der Waals surface area contributed by atoms with Gasteiger partial charge in [0.1, 0.15) is 12.6 Å². The highest BCUT2D eigenvalue weighted by atomic mass is 16.6. The van der Waals surface area contributed by atoms with Crippen LogP contribution in [0, 0.1) is 0 Å². The van der Waals surface area contributed by atoms with Crippen molar-refractivity contribution >= 4 is 17.9 Å². The monoisotopic (exact) mass is 884 g/mol. The topological polar surface area (TPSA) is 102 Å². The van der Waals surface area contributed by atoms with E-state index in [2.05, 4.69) is 74.6 Å². The lowest BCUT2D eigenvalue weighted by Crippen LogP contribution is -2.55. The summed E-state index contributed by atoms with van der Waals surface area (Å²) in [6.07, 6.45) is 56.8. The van der Waals surface area contributed by atoms with E-state index in [0.29, 0.717) is 12.8 Å². The van der Waals surface area contributed by atoms with E-state index in [-0.39, 0.29) is 42.7 Å². The number of nitrogens with zero attached hydrogens (tertiary/aromatic N) is 1. The Morgan fingerprint density at radius 3 is 1.43 bits per heavy atom. The number of carboxylic acids is 1. The molecule has 8 nitrogen and oxygen atoms in total. The van der Waals surface area contributed by atoms with Crippen LogP contribution in [0.5, 0.6) is 0 Å². The normalized spacial score (nSPS) is 13.3. The van der Waals surface area contributed by atoms with Gasteiger partial charge < -0.3 is 28.6 Å². The van der Waals surface area contributed by atoms with Gasteiger partial charge in [0.2, 0.25) is 0 Å². The molecule has 0 saturated carbocycles. The third-order valence-electron chi connectivity index (χ3n) is 11.4. The van der Waals surface area contributed by atoms with E-state index in [4.69, 9.17) is 14.2 Å². The Balaban J connectivity index is 4.26. The fourth-order valence-electron chi connectivity index (χ4n) is 7.46. The van der Waals surface area contributed by atoms with Gasteiger partial charge in [0.25, 0.3) is 0 Å². The van der Waals surface area contributed by atoms with E-state index in [1.165, 1.54) is 109 Å². The zero-order chi connectivity index (χ0) is 46.3. The van der Waals surface area contributed by atoms with E-state index < -0.39 is 18.1 Å². The van der Waals surface area contributed by atoms with Crippen molar-refractivity contribution in [3.8, 4) is 0 Å². The molecule has 0 aliphatic carbocycles. The number of hydrogen-bond donors (Lipinski definition) is 0. The van der Waals surface area contributed by atoms with Crippen molar-refractivity contribution in [2.24, 2.45) is 0 Å². The van der Waals surface area contributed by atoms with Crippen LogP contribution in [0.4, 0.5) is 0 Å². The molecule has 0 fully saturated rings. The highest BCUT2D eigenvalue weighted by Crippen LogP contribution is 2.15. The van der Waals surface area contributed by atoms with Gasteiger partial charge in [0.15, 0.2) is 6.10 Å². The number of likely N-dealkylation sites (N-methyl/N-ethyl adjacent to an activating group) is 1. The first-order chi connectivity index (χ1) is 30.6. The van der Waals surface area contributed by atoms with Gasteiger partial charge in [-0.1, -0.05) is 197 Å². The zero-order valence-electron chi connectivity index (χ0n) is 41.5. The van der Waals surface area contributed by atoms with Gasteiger partial charge in [0.05, 0.1) is 40.3 Å². The lowest BCUT2D eigenvalue weighted by atomic mass is 10.0. The first kappa shape index (κ1) is 60.0. The van der Waals surface area contributed by atoms with E-state index >= 15 is 0 Å². The second-order valence-corrected chi connectivity index (χ2v) is 18.4. The summed E-state index contributed by atoms with van der Waals surface area (Å²) in [5.41, 5.74) is 0. The Bertz CT molecular complexity index is 1210. The summed E-state index contributed by atoms with van der Waals surface area (Å²) in [6, 6.07) is -0.732. The molecular weight excluding hydrogens is 787 g/mol. The minimum Gasteiger partial charge on any atom is -0.544 e. The van der Waals surface area contributed by atoms with Crippen molar-refractivity contribution in [3.05, 3.63) is 60.8 Å². The molecule has 0 radical (unpaired) electrons. The summed E-state index contributed by atoms with van der Waals surface area (Å²) >= 11 is 0. The molecular formula is C55H97NO7. The second kappa shape index (κ2) is 45.6. The lowest BCUT2D eigenvalue weighted by molar-refractivity contribution is -0.889. The van der Waals surface area contributed by atoms with E-state index in [1.807, 2.05) is 0 Å². The Morgan fingerprint density at radius 1 is 0.508 bits per heavy atom. The van der Waals surface area contributed by atoms with Crippen molar-refractivity contribution in [1.29, 1.82) is 0 Å². The van der Waals surface area contributed by atoms with Crippen molar-refractivity contribution in [1.82, 2.24) is 0 Å². The van der Waals surface area contributed by atoms with Gasteiger partial charge in [-0.25, -0.2) is 0 Å². The minimum absolute atomic E-state index is 0.0316. The summed E-state index contributed by atoms with van der Waals surface area (Å²) in [6.45, 7) is 4.54. The van der Waals surface area contributed by atoms with Crippen LogP contribution in [0.2, 0.25) is 0 Å². The molecule has 0 aromatic carbocycles. The van der Waals surface area contributed by atoms with Gasteiger partial charge in [-0.05, 0) is 64.2 Å². The van der Waals surface area contributed by atoms with Crippen molar-refractivity contribution in [2.45, 2.75) is 231 Å². The van der Waals surface area contributed by atoms with Gasteiger partial charge >= 0.3 is 11.9 Å². The average molecular weight is 884 g/mol. The number of allylic oxidation sites excluding steroid dienone is 10. The largest absolute Gasteiger partial charge is 0.544 e. The number of ether oxygens (including phenoxy) is 3. The van der Waals surface area contributed by atoms with Gasteiger partial charge in [0, 0.05) is 19.3 Å². The molecule has 2 unspecified atom stereocenters. The number of hydrogen-bond acceptors (Lipinski definition) is 7. The Kier molecular flexibility index (Phi) is 43.4. The number of quaternary nitrogens is 1. The minimum atomic E-state index is -1.13. The zero-order valence-corrected chi connectivity index (χ0v) is 41.5. The molecule has 0 amide bonds. The number of carbonyl (C=O) groups excluding carboxylic acids is 3. The quantitative estimate of drug-likeness (QED) is 0.0197. The van der Waals surface area contributed by atoms with Crippen LogP contribution in [0.1, 0.15) is 219 Å². The molecule has 0 aromatic heterocycles. The molecule has 0 spiro atoms. The average Bonchev–Trinajstić information content (AvgIpc) is 3.24. The first-order valence-electron chi connectivity index (χ1n) is 25.8. The number of unbranched alkanes of at least 4 members (excludes halogenated alkanes) is 24. The highest BCUT2D eigenvalue weighted by molar-refractivity contribution is 5.70. The Morgan fingerprint density at radius 2 is 0.952 bits per heavy atom. The van der Waals surface area contributed by atoms with Crippen LogP contribution < -0.4 is 5.11 Å². The summed E-state index contributed by atoms with van der Waals surface area (Å²) in [5, 5.41) is 11.7. The van der Waals surface area contributed by atoms with E-state index in [9.17, 15) is 19.5 Å². The molecule has 2 atom stereocenters. The molecule has 0 heterocycles. The maximum Gasteiger partial charge on any atom is 0.306 e. The summed E-state index contributed by atoms with van der Waals surface area (Å²) in [7, 11) is 5.41. The summed E-state index contributed by atoms with van der Waals surface area (Å²) in [5.74, 6) is -1.76. The Labute approximate surface area is 388 Å². The molecule has 0 rings (SSSR count). The molecule has 0 bridgehead atoms. The molecule has 0 aliphatic heterocycles. The highest BCUT2D eigenvalue weighted by Gasteiger charge is 2.25. The smallest absolute Gasteiger partial charge is 0.306 e. The first-order valence-corrected chi connectivity index (χ1v) is 25.8. The van der Waals surface area contributed by atoms with Crippen molar-refractivity contribution < 1.29 is 38.2 Å². The molecule has 63 heavy (non-hydrogen) atoms. The van der Waals surface area contributed by atoms with E-state index in [1.54, 1.807) is 21.1 Å².